The number of carboxylic acid groups (broad SMARTS) is 1. The van der Waals surface area contributed by atoms with Crippen LogP contribution in [0.15, 0.2) is 24.3 Å². The number of amides is 1. The zero-order chi connectivity index (χ0) is 17.7. The van der Waals surface area contributed by atoms with Gasteiger partial charge in [0.05, 0.1) is 23.3 Å². The first-order valence-corrected chi connectivity index (χ1v) is 8.47. The van der Waals surface area contributed by atoms with Crippen molar-refractivity contribution in [2.24, 2.45) is 0 Å². The normalized spacial score (nSPS) is 17.7. The lowest BCUT2D eigenvalue weighted by atomic mass is 10.0. The standard InChI is InChI=1S/C17H24ClN3O3/c1-12(17(24)19-15-6-4-3-5-14(15)18)21-9-7-13(8-10-21)20(2)11-16(22)23/h3-6,12-13H,7-11H2,1-2H3,(H,19,24)(H,22,23). The number of piperidine rings is 1. The molecule has 0 bridgehead atoms. The number of likely N-dealkylation sites (N-methyl/N-ethyl adjacent to an activating group) is 1. The number of hydrogen-bond donors (Lipinski definition) is 2. The number of aliphatic carboxylic acids is 1. The van der Waals surface area contributed by atoms with Crippen LogP contribution >= 0.6 is 11.6 Å². The molecule has 132 valence electrons. The van der Waals surface area contributed by atoms with E-state index in [-0.39, 0.29) is 24.5 Å². The van der Waals surface area contributed by atoms with Gasteiger partial charge in [0.1, 0.15) is 0 Å². The maximum Gasteiger partial charge on any atom is 0.317 e. The Kier molecular flexibility index (Phi) is 6.60. The van der Waals surface area contributed by atoms with E-state index < -0.39 is 5.97 Å². The van der Waals surface area contributed by atoms with Crippen LogP contribution in [0.4, 0.5) is 5.69 Å². The highest BCUT2D eigenvalue weighted by molar-refractivity contribution is 6.33. The highest BCUT2D eigenvalue weighted by Crippen LogP contribution is 2.22. The van der Waals surface area contributed by atoms with E-state index in [1.54, 1.807) is 12.1 Å². The average molecular weight is 354 g/mol. The summed E-state index contributed by atoms with van der Waals surface area (Å²) in [7, 11) is 1.84. The fourth-order valence-corrected chi connectivity index (χ4v) is 3.20. The zero-order valence-corrected chi connectivity index (χ0v) is 14.8. The van der Waals surface area contributed by atoms with E-state index >= 15 is 0 Å². The van der Waals surface area contributed by atoms with Crippen molar-refractivity contribution in [1.29, 1.82) is 0 Å². The molecule has 24 heavy (non-hydrogen) atoms. The summed E-state index contributed by atoms with van der Waals surface area (Å²) in [5.74, 6) is -0.896. The number of nitrogens with one attached hydrogen (secondary N) is 1. The predicted molar refractivity (Wildman–Crippen MR) is 94.4 cm³/mol. The SMILES string of the molecule is CC(C(=O)Nc1ccccc1Cl)N1CCC(N(C)CC(=O)O)CC1. The monoisotopic (exact) mass is 353 g/mol. The number of hydrogen-bond acceptors (Lipinski definition) is 4. The third kappa shape index (κ3) is 4.93. The van der Waals surface area contributed by atoms with E-state index in [4.69, 9.17) is 16.7 Å². The van der Waals surface area contributed by atoms with Gasteiger partial charge in [-0.15, -0.1) is 0 Å². The Balaban J connectivity index is 1.86. The van der Waals surface area contributed by atoms with Gasteiger partial charge < -0.3 is 10.4 Å². The summed E-state index contributed by atoms with van der Waals surface area (Å²) < 4.78 is 0. The van der Waals surface area contributed by atoms with Crippen LogP contribution in [0, 0.1) is 0 Å². The Morgan fingerprint density at radius 3 is 2.58 bits per heavy atom. The molecular weight excluding hydrogens is 330 g/mol. The van der Waals surface area contributed by atoms with Gasteiger partial charge in [-0.3, -0.25) is 19.4 Å². The summed E-state index contributed by atoms with van der Waals surface area (Å²) in [6.45, 7) is 3.47. The van der Waals surface area contributed by atoms with Gasteiger partial charge in [0.15, 0.2) is 0 Å². The fourth-order valence-electron chi connectivity index (χ4n) is 3.02. The topological polar surface area (TPSA) is 72.9 Å². The number of nitrogens with zero attached hydrogens (tertiary/aromatic N) is 2. The quantitative estimate of drug-likeness (QED) is 0.819. The largest absolute Gasteiger partial charge is 0.480 e. The summed E-state index contributed by atoms with van der Waals surface area (Å²) in [5.41, 5.74) is 0.618. The van der Waals surface area contributed by atoms with Crippen molar-refractivity contribution in [2.75, 3.05) is 32.0 Å². The number of carboxylic acids is 1. The van der Waals surface area contributed by atoms with E-state index in [1.807, 2.05) is 31.0 Å². The molecule has 1 aliphatic rings. The number of para-hydroxylation sites is 1. The van der Waals surface area contributed by atoms with Gasteiger partial charge in [0.2, 0.25) is 5.91 Å². The second-order valence-corrected chi connectivity index (χ2v) is 6.63. The molecule has 1 fully saturated rings. The van der Waals surface area contributed by atoms with Gasteiger partial charge in [-0.25, -0.2) is 0 Å². The first kappa shape index (κ1) is 18.7. The van der Waals surface area contributed by atoms with Gasteiger partial charge >= 0.3 is 5.97 Å². The highest BCUT2D eigenvalue weighted by atomic mass is 35.5. The van der Waals surface area contributed by atoms with Gasteiger partial charge in [-0.2, -0.15) is 0 Å². The smallest absolute Gasteiger partial charge is 0.317 e. The lowest BCUT2D eigenvalue weighted by Gasteiger charge is -2.38. The van der Waals surface area contributed by atoms with Crippen molar-refractivity contribution in [1.82, 2.24) is 9.80 Å². The number of carbonyl (C=O) groups is 2. The molecule has 1 aromatic rings. The molecule has 1 unspecified atom stereocenters. The van der Waals surface area contributed by atoms with Crippen molar-refractivity contribution in [3.63, 3.8) is 0 Å². The highest BCUT2D eigenvalue weighted by Gasteiger charge is 2.28. The van der Waals surface area contributed by atoms with Crippen LogP contribution in [-0.2, 0) is 9.59 Å². The molecule has 0 aromatic heterocycles. The van der Waals surface area contributed by atoms with Crippen LogP contribution in [0.3, 0.4) is 0 Å². The molecular formula is C17H24ClN3O3. The number of rotatable bonds is 6. The van der Waals surface area contributed by atoms with Crippen molar-refractivity contribution in [3.05, 3.63) is 29.3 Å². The van der Waals surface area contributed by atoms with Crippen molar-refractivity contribution >= 4 is 29.2 Å². The molecule has 2 N–H and O–H groups in total. The van der Waals surface area contributed by atoms with E-state index in [0.717, 1.165) is 25.9 Å². The number of carbonyl (C=O) groups excluding carboxylic acids is 1. The van der Waals surface area contributed by atoms with E-state index in [2.05, 4.69) is 10.2 Å². The molecule has 1 aromatic carbocycles. The lowest BCUT2D eigenvalue weighted by molar-refractivity contribution is -0.138. The van der Waals surface area contributed by atoms with E-state index in [9.17, 15) is 9.59 Å². The van der Waals surface area contributed by atoms with Crippen molar-refractivity contribution in [2.45, 2.75) is 31.8 Å². The first-order valence-electron chi connectivity index (χ1n) is 8.10. The maximum atomic E-state index is 12.4. The Morgan fingerprint density at radius 2 is 2.00 bits per heavy atom. The van der Waals surface area contributed by atoms with Crippen LogP contribution in [0.2, 0.25) is 5.02 Å². The third-order valence-electron chi connectivity index (χ3n) is 4.57. The Bertz CT molecular complexity index is 588. The molecule has 1 aliphatic heterocycles. The van der Waals surface area contributed by atoms with Gasteiger partial charge in [0.25, 0.3) is 0 Å². The lowest BCUT2D eigenvalue weighted by Crippen LogP contribution is -2.50. The molecule has 1 atom stereocenters. The van der Waals surface area contributed by atoms with Crippen LogP contribution in [-0.4, -0.2) is 65.5 Å². The second kappa shape index (κ2) is 8.46. The van der Waals surface area contributed by atoms with Crippen LogP contribution in [0.1, 0.15) is 19.8 Å². The van der Waals surface area contributed by atoms with Crippen molar-refractivity contribution in [3.8, 4) is 0 Å². The average Bonchev–Trinajstić information content (AvgIpc) is 2.55. The van der Waals surface area contributed by atoms with Gasteiger partial charge in [-0.1, -0.05) is 23.7 Å². The minimum absolute atomic E-state index is 0.0488. The Hall–Kier alpha value is -1.63. The molecule has 7 heteroatoms. The van der Waals surface area contributed by atoms with Crippen LogP contribution < -0.4 is 5.32 Å². The fraction of sp³-hybridized carbons (Fsp3) is 0.529. The second-order valence-electron chi connectivity index (χ2n) is 6.22. The van der Waals surface area contributed by atoms with E-state index in [0.29, 0.717) is 10.7 Å². The molecule has 2 rings (SSSR count). The minimum Gasteiger partial charge on any atom is -0.480 e. The number of halogens is 1. The summed E-state index contributed by atoms with van der Waals surface area (Å²) in [6.07, 6.45) is 1.71. The van der Waals surface area contributed by atoms with Crippen molar-refractivity contribution < 1.29 is 14.7 Å². The zero-order valence-electron chi connectivity index (χ0n) is 14.0. The molecule has 0 spiro atoms. The molecule has 0 aliphatic carbocycles. The van der Waals surface area contributed by atoms with Crippen LogP contribution in [0.25, 0.3) is 0 Å². The summed E-state index contributed by atoms with van der Waals surface area (Å²) in [4.78, 5) is 27.2. The maximum absolute atomic E-state index is 12.4. The Labute approximate surface area is 147 Å². The van der Waals surface area contributed by atoms with Crippen LogP contribution in [0.5, 0.6) is 0 Å². The molecule has 0 radical (unpaired) electrons. The molecule has 1 amide bonds. The number of anilines is 1. The predicted octanol–water partition coefficient (Wildman–Crippen LogP) is 2.15. The van der Waals surface area contributed by atoms with E-state index in [1.165, 1.54) is 0 Å². The molecule has 6 nitrogen and oxygen atoms in total. The summed E-state index contributed by atoms with van der Waals surface area (Å²) in [6, 6.07) is 7.16. The summed E-state index contributed by atoms with van der Waals surface area (Å²) >= 11 is 6.07. The third-order valence-corrected chi connectivity index (χ3v) is 4.90. The van der Waals surface area contributed by atoms with Gasteiger partial charge in [-0.05, 0) is 38.9 Å². The molecule has 1 saturated heterocycles. The van der Waals surface area contributed by atoms with Gasteiger partial charge in [0, 0.05) is 19.1 Å². The Morgan fingerprint density at radius 1 is 1.38 bits per heavy atom. The number of benzene rings is 1. The number of likely N-dealkylation sites (tertiary alicyclic amines) is 1. The molecule has 0 saturated carbocycles. The first-order chi connectivity index (χ1) is 11.4. The summed E-state index contributed by atoms with van der Waals surface area (Å²) in [5, 5.41) is 12.3. The molecule has 1 heterocycles. The minimum atomic E-state index is -0.813.